The van der Waals surface area contributed by atoms with E-state index in [0.717, 1.165) is 13.0 Å². The largest absolute Gasteiger partial charge is 0.379 e. The van der Waals surface area contributed by atoms with Crippen molar-refractivity contribution in [1.29, 1.82) is 0 Å². The Balaban J connectivity index is 2.54. The van der Waals surface area contributed by atoms with Crippen LogP contribution in [0.25, 0.3) is 0 Å². The molecule has 1 rings (SSSR count). The summed E-state index contributed by atoms with van der Waals surface area (Å²) in [5, 5.41) is 0. The van der Waals surface area contributed by atoms with Gasteiger partial charge < -0.3 is 15.4 Å². The molecule has 0 spiro atoms. The number of ether oxygens (including phenoxy) is 1. The maximum atomic E-state index is 11.8. The number of piperidine rings is 1. The third kappa shape index (κ3) is 2.92. The molecule has 1 heterocycles. The van der Waals surface area contributed by atoms with Crippen molar-refractivity contribution < 1.29 is 9.53 Å². The van der Waals surface area contributed by atoms with E-state index in [-0.39, 0.29) is 18.1 Å². The minimum atomic E-state index is -0.351. The van der Waals surface area contributed by atoms with Gasteiger partial charge in [0.25, 0.3) is 0 Å². The summed E-state index contributed by atoms with van der Waals surface area (Å²) in [6.45, 7) is 5.59. The molecule has 0 aromatic heterocycles. The normalized spacial score (nSPS) is 28.9. The lowest BCUT2D eigenvalue weighted by Gasteiger charge is -2.37. The van der Waals surface area contributed by atoms with Crippen LogP contribution in [0.5, 0.6) is 0 Å². The van der Waals surface area contributed by atoms with Gasteiger partial charge in [0.2, 0.25) is 5.91 Å². The van der Waals surface area contributed by atoms with Crippen molar-refractivity contribution in [3.8, 4) is 0 Å². The van der Waals surface area contributed by atoms with Gasteiger partial charge in [-0.1, -0.05) is 13.8 Å². The Bertz CT molecular complexity index is 221. The molecule has 0 bridgehead atoms. The minimum Gasteiger partial charge on any atom is -0.379 e. The zero-order chi connectivity index (χ0) is 11.4. The number of likely N-dealkylation sites (tertiary alicyclic amines) is 1. The van der Waals surface area contributed by atoms with E-state index in [1.807, 2.05) is 11.8 Å². The highest BCUT2D eigenvalue weighted by Crippen LogP contribution is 2.19. The third-order valence-corrected chi connectivity index (χ3v) is 3.26. The number of hydrogen-bond acceptors (Lipinski definition) is 3. The molecular weight excluding hydrogens is 192 g/mol. The predicted octanol–water partition coefficient (Wildman–Crippen LogP) is 0.607. The van der Waals surface area contributed by atoms with E-state index in [4.69, 9.17) is 10.5 Å². The Kier molecular flexibility index (Phi) is 4.54. The van der Waals surface area contributed by atoms with Crippen LogP contribution in [0.1, 0.15) is 26.7 Å². The first-order chi connectivity index (χ1) is 7.10. The second-order valence-electron chi connectivity index (χ2n) is 4.34. The average molecular weight is 214 g/mol. The fraction of sp³-hybridized carbons (Fsp3) is 0.909. The van der Waals surface area contributed by atoms with Gasteiger partial charge in [-0.2, -0.15) is 0 Å². The summed E-state index contributed by atoms with van der Waals surface area (Å²) < 4.78 is 5.36. The summed E-state index contributed by atoms with van der Waals surface area (Å²) in [5.41, 5.74) is 5.74. The van der Waals surface area contributed by atoms with Crippen LogP contribution >= 0.6 is 0 Å². The number of carbonyl (C=O) groups excluding carboxylic acids is 1. The molecule has 1 fully saturated rings. The van der Waals surface area contributed by atoms with Gasteiger partial charge in [0.05, 0.1) is 12.1 Å². The van der Waals surface area contributed by atoms with Crippen molar-refractivity contribution in [2.75, 3.05) is 20.2 Å². The van der Waals surface area contributed by atoms with E-state index in [9.17, 15) is 4.79 Å². The first kappa shape index (κ1) is 12.5. The summed E-state index contributed by atoms with van der Waals surface area (Å²) >= 11 is 0. The first-order valence-electron chi connectivity index (χ1n) is 5.67. The molecule has 1 saturated heterocycles. The molecule has 0 saturated carbocycles. The van der Waals surface area contributed by atoms with Crippen LogP contribution in [-0.4, -0.2) is 43.2 Å². The Morgan fingerprint density at radius 3 is 2.87 bits per heavy atom. The van der Waals surface area contributed by atoms with Gasteiger partial charge in [-0.3, -0.25) is 4.79 Å². The molecule has 3 atom stereocenters. The molecule has 0 aliphatic carbocycles. The first-order valence-corrected chi connectivity index (χ1v) is 5.67. The van der Waals surface area contributed by atoms with Crippen molar-refractivity contribution in [2.24, 2.45) is 11.7 Å². The van der Waals surface area contributed by atoms with Crippen molar-refractivity contribution in [2.45, 2.75) is 38.8 Å². The van der Waals surface area contributed by atoms with Gasteiger partial charge >= 0.3 is 0 Å². The monoisotopic (exact) mass is 214 g/mol. The van der Waals surface area contributed by atoms with Crippen molar-refractivity contribution in [3.05, 3.63) is 0 Å². The Morgan fingerprint density at radius 1 is 1.67 bits per heavy atom. The second-order valence-corrected chi connectivity index (χ2v) is 4.34. The number of nitrogens with zero attached hydrogens (tertiary/aromatic N) is 1. The van der Waals surface area contributed by atoms with Crippen molar-refractivity contribution in [1.82, 2.24) is 4.90 Å². The lowest BCUT2D eigenvalue weighted by molar-refractivity contribution is -0.137. The van der Waals surface area contributed by atoms with E-state index in [2.05, 4.69) is 6.92 Å². The van der Waals surface area contributed by atoms with E-state index in [1.165, 1.54) is 0 Å². The number of carbonyl (C=O) groups is 1. The van der Waals surface area contributed by atoms with E-state index in [0.29, 0.717) is 18.9 Å². The average Bonchev–Trinajstić information content (AvgIpc) is 2.27. The summed E-state index contributed by atoms with van der Waals surface area (Å²) in [5.74, 6) is 0.586. The van der Waals surface area contributed by atoms with E-state index in [1.54, 1.807) is 7.11 Å². The third-order valence-electron chi connectivity index (χ3n) is 3.26. The number of methoxy groups -OCH3 is 1. The molecule has 0 aromatic carbocycles. The maximum absolute atomic E-state index is 11.8. The molecule has 0 aromatic rings. The molecule has 1 aliphatic rings. The van der Waals surface area contributed by atoms with Crippen LogP contribution in [0, 0.1) is 5.92 Å². The molecule has 4 heteroatoms. The molecule has 15 heavy (non-hydrogen) atoms. The minimum absolute atomic E-state index is 0.0615. The van der Waals surface area contributed by atoms with E-state index < -0.39 is 0 Å². The van der Waals surface area contributed by atoms with Crippen LogP contribution in [0.15, 0.2) is 0 Å². The predicted molar refractivity (Wildman–Crippen MR) is 59.4 cm³/mol. The molecule has 1 amide bonds. The van der Waals surface area contributed by atoms with Crippen molar-refractivity contribution >= 4 is 5.91 Å². The SMILES string of the molecule is CC[C@@H](N)C(=O)N1CCC(C)C(OC)C1. The molecule has 1 aliphatic heterocycles. The molecule has 4 nitrogen and oxygen atoms in total. The Morgan fingerprint density at radius 2 is 2.33 bits per heavy atom. The summed E-state index contributed by atoms with van der Waals surface area (Å²) in [4.78, 5) is 13.7. The fourth-order valence-electron chi connectivity index (χ4n) is 1.95. The standard InChI is InChI=1S/C11H22N2O2/c1-4-9(12)11(14)13-6-5-8(2)10(7-13)15-3/h8-10H,4-7,12H2,1-3H3/t8?,9-,10?/m1/s1. The topological polar surface area (TPSA) is 55.6 Å². The number of hydrogen-bond donors (Lipinski definition) is 1. The van der Waals surface area contributed by atoms with Crippen molar-refractivity contribution in [3.63, 3.8) is 0 Å². The van der Waals surface area contributed by atoms with Crippen LogP contribution < -0.4 is 5.73 Å². The van der Waals surface area contributed by atoms with Gasteiger partial charge in [-0.05, 0) is 18.8 Å². The van der Waals surface area contributed by atoms with Crippen LogP contribution in [0.3, 0.4) is 0 Å². The van der Waals surface area contributed by atoms with Crippen LogP contribution in [-0.2, 0) is 9.53 Å². The van der Waals surface area contributed by atoms with Crippen LogP contribution in [0.2, 0.25) is 0 Å². The number of nitrogens with two attached hydrogens (primary N) is 1. The highest BCUT2D eigenvalue weighted by molar-refractivity contribution is 5.81. The lowest BCUT2D eigenvalue weighted by Crippen LogP contribution is -2.51. The van der Waals surface area contributed by atoms with Gasteiger partial charge in [-0.15, -0.1) is 0 Å². The molecular formula is C11H22N2O2. The highest BCUT2D eigenvalue weighted by atomic mass is 16.5. The summed E-state index contributed by atoms with van der Waals surface area (Å²) in [7, 11) is 1.70. The maximum Gasteiger partial charge on any atom is 0.239 e. The van der Waals surface area contributed by atoms with Gasteiger partial charge in [0, 0.05) is 20.2 Å². The quantitative estimate of drug-likeness (QED) is 0.749. The molecule has 0 radical (unpaired) electrons. The molecule has 2 N–H and O–H groups in total. The summed E-state index contributed by atoms with van der Waals surface area (Å²) in [6.07, 6.45) is 1.86. The van der Waals surface area contributed by atoms with Gasteiger partial charge in [0.1, 0.15) is 0 Å². The Hall–Kier alpha value is -0.610. The van der Waals surface area contributed by atoms with E-state index >= 15 is 0 Å². The summed E-state index contributed by atoms with van der Waals surface area (Å²) in [6, 6.07) is -0.351. The fourth-order valence-corrected chi connectivity index (χ4v) is 1.95. The second kappa shape index (κ2) is 5.47. The van der Waals surface area contributed by atoms with Crippen LogP contribution in [0.4, 0.5) is 0 Å². The smallest absolute Gasteiger partial charge is 0.239 e. The Labute approximate surface area is 91.8 Å². The lowest BCUT2D eigenvalue weighted by atomic mass is 9.95. The highest BCUT2D eigenvalue weighted by Gasteiger charge is 2.30. The molecule has 2 unspecified atom stereocenters. The zero-order valence-electron chi connectivity index (χ0n) is 9.90. The van der Waals surface area contributed by atoms with Gasteiger partial charge in [-0.25, -0.2) is 0 Å². The number of amides is 1. The number of rotatable bonds is 3. The van der Waals surface area contributed by atoms with Gasteiger partial charge in [0.15, 0.2) is 0 Å². The molecule has 88 valence electrons. The zero-order valence-corrected chi connectivity index (χ0v) is 9.90.